The molecule has 0 radical (unpaired) electrons. The van der Waals surface area contributed by atoms with Crippen LogP contribution in [0.3, 0.4) is 0 Å². The Labute approximate surface area is 128 Å². The molecule has 0 saturated heterocycles. The van der Waals surface area contributed by atoms with Crippen molar-refractivity contribution in [2.24, 2.45) is 0 Å². The van der Waals surface area contributed by atoms with Gasteiger partial charge >= 0.3 is 0 Å². The molecule has 1 atom stereocenters. The van der Waals surface area contributed by atoms with Crippen molar-refractivity contribution >= 4 is 22.4 Å². The number of aryl methyl sites for hydroxylation is 2. The molecule has 2 aromatic rings. The fraction of sp³-hybridized carbons (Fsp3) is 0.400. The molecule has 112 valence electrons. The van der Waals surface area contributed by atoms with Gasteiger partial charge in [-0.3, -0.25) is 10.1 Å². The van der Waals surface area contributed by atoms with Crippen LogP contribution in [-0.2, 0) is 17.6 Å². The molecule has 0 saturated carbocycles. The summed E-state index contributed by atoms with van der Waals surface area (Å²) in [5.74, 6) is 0.453. The van der Waals surface area contributed by atoms with Crippen molar-refractivity contribution in [2.75, 3.05) is 5.32 Å². The van der Waals surface area contributed by atoms with Crippen molar-refractivity contribution in [3.05, 3.63) is 34.8 Å². The van der Waals surface area contributed by atoms with E-state index in [-0.39, 0.29) is 5.91 Å². The molecule has 1 heterocycles. The third-order valence-corrected chi connectivity index (χ3v) is 4.00. The summed E-state index contributed by atoms with van der Waals surface area (Å²) in [7, 11) is 0. The topological polar surface area (TPSA) is 64.1 Å². The summed E-state index contributed by atoms with van der Waals surface area (Å²) in [5, 5.41) is 12.0. The van der Waals surface area contributed by atoms with E-state index < -0.39 is 6.10 Å². The van der Waals surface area contributed by atoms with Crippen molar-refractivity contribution in [1.29, 1.82) is 0 Å². The van der Waals surface area contributed by atoms with E-state index in [1.165, 1.54) is 16.9 Å². The van der Waals surface area contributed by atoms with Gasteiger partial charge in [0.05, 0.1) is 0 Å². The van der Waals surface area contributed by atoms with Crippen LogP contribution in [0.4, 0.5) is 5.13 Å². The molecule has 2 rings (SSSR count). The summed E-state index contributed by atoms with van der Waals surface area (Å²) in [4.78, 5) is 12.0. The normalized spacial score (nSPS) is 12.0. The van der Waals surface area contributed by atoms with Crippen molar-refractivity contribution < 1.29 is 9.53 Å². The fourth-order valence-corrected chi connectivity index (χ4v) is 2.40. The van der Waals surface area contributed by atoms with Gasteiger partial charge in [-0.15, -0.1) is 10.2 Å². The minimum absolute atomic E-state index is 0.228. The number of hydrogen-bond donors (Lipinski definition) is 1. The summed E-state index contributed by atoms with van der Waals surface area (Å²) in [6.07, 6.45) is 1.20. The Bertz CT molecular complexity index is 595. The maximum absolute atomic E-state index is 12.0. The molecule has 0 aliphatic rings. The number of carbonyl (C=O) groups excluding carboxylic acids is 1. The van der Waals surface area contributed by atoms with Gasteiger partial charge < -0.3 is 4.74 Å². The number of ether oxygens (including phenoxy) is 1. The minimum atomic E-state index is -0.591. The van der Waals surface area contributed by atoms with Crippen LogP contribution in [-0.4, -0.2) is 22.2 Å². The number of nitrogens with zero attached hydrogens (tertiary/aromatic N) is 2. The Kier molecular flexibility index (Phi) is 5.27. The van der Waals surface area contributed by atoms with E-state index in [1.807, 2.05) is 31.2 Å². The Morgan fingerprint density at radius 2 is 1.95 bits per heavy atom. The number of carbonyl (C=O) groups is 1. The van der Waals surface area contributed by atoms with Crippen LogP contribution in [0.25, 0.3) is 0 Å². The van der Waals surface area contributed by atoms with Crippen LogP contribution in [0.15, 0.2) is 24.3 Å². The molecule has 1 aromatic carbocycles. The van der Waals surface area contributed by atoms with E-state index in [9.17, 15) is 4.79 Å². The van der Waals surface area contributed by atoms with Crippen LogP contribution in [0, 0.1) is 0 Å². The Balaban J connectivity index is 1.92. The molecule has 1 N–H and O–H groups in total. The smallest absolute Gasteiger partial charge is 0.266 e. The SMILES string of the molecule is CCc1ccc(OC(C)C(=O)Nc2nnc(CC)s2)cc1. The largest absolute Gasteiger partial charge is 0.481 e. The van der Waals surface area contributed by atoms with Crippen molar-refractivity contribution in [3.8, 4) is 5.75 Å². The van der Waals surface area contributed by atoms with E-state index in [1.54, 1.807) is 6.92 Å². The van der Waals surface area contributed by atoms with Crippen LogP contribution in [0.5, 0.6) is 5.75 Å². The average molecular weight is 305 g/mol. The second kappa shape index (κ2) is 7.17. The van der Waals surface area contributed by atoms with Crippen LogP contribution < -0.4 is 10.1 Å². The number of hydrogen-bond acceptors (Lipinski definition) is 5. The second-order valence-corrected chi connectivity index (χ2v) is 5.66. The van der Waals surface area contributed by atoms with Gasteiger partial charge in [-0.25, -0.2) is 0 Å². The average Bonchev–Trinajstić information content (AvgIpc) is 2.95. The van der Waals surface area contributed by atoms with Crippen LogP contribution in [0.1, 0.15) is 31.3 Å². The van der Waals surface area contributed by atoms with E-state index >= 15 is 0 Å². The molecule has 0 fully saturated rings. The lowest BCUT2D eigenvalue weighted by atomic mass is 10.2. The molecule has 0 spiro atoms. The van der Waals surface area contributed by atoms with Gasteiger partial charge in [0.15, 0.2) is 6.10 Å². The fourth-order valence-electron chi connectivity index (χ4n) is 1.72. The highest BCUT2D eigenvalue weighted by molar-refractivity contribution is 7.15. The van der Waals surface area contributed by atoms with Gasteiger partial charge in [0.1, 0.15) is 10.8 Å². The lowest BCUT2D eigenvalue weighted by Crippen LogP contribution is -2.30. The molecule has 0 aliphatic carbocycles. The van der Waals surface area contributed by atoms with Gasteiger partial charge in [0, 0.05) is 0 Å². The van der Waals surface area contributed by atoms with Crippen LogP contribution in [0.2, 0.25) is 0 Å². The zero-order valence-electron chi connectivity index (χ0n) is 12.4. The third kappa shape index (κ3) is 4.26. The van der Waals surface area contributed by atoms with Crippen molar-refractivity contribution in [3.63, 3.8) is 0 Å². The first-order chi connectivity index (χ1) is 10.1. The summed E-state index contributed by atoms with van der Waals surface area (Å²) in [5.41, 5.74) is 1.24. The lowest BCUT2D eigenvalue weighted by molar-refractivity contribution is -0.122. The van der Waals surface area contributed by atoms with E-state index in [0.717, 1.165) is 17.8 Å². The summed E-state index contributed by atoms with van der Waals surface area (Å²) in [6, 6.07) is 7.75. The zero-order chi connectivity index (χ0) is 15.2. The van der Waals surface area contributed by atoms with Gasteiger partial charge in [-0.1, -0.05) is 37.3 Å². The highest BCUT2D eigenvalue weighted by Gasteiger charge is 2.16. The maximum atomic E-state index is 12.0. The van der Waals surface area contributed by atoms with Crippen LogP contribution >= 0.6 is 11.3 Å². The van der Waals surface area contributed by atoms with Crippen molar-refractivity contribution in [2.45, 2.75) is 39.7 Å². The van der Waals surface area contributed by atoms with E-state index in [4.69, 9.17) is 4.74 Å². The number of amides is 1. The molecule has 0 aliphatic heterocycles. The minimum Gasteiger partial charge on any atom is -0.481 e. The Hall–Kier alpha value is -1.95. The molecular formula is C15H19N3O2S. The number of anilines is 1. The molecular weight excluding hydrogens is 286 g/mol. The predicted octanol–water partition coefficient (Wildman–Crippen LogP) is 3.07. The standard InChI is InChI=1S/C15H19N3O2S/c1-4-11-6-8-12(9-7-11)20-10(3)14(19)16-15-18-17-13(5-2)21-15/h6-10H,4-5H2,1-3H3,(H,16,18,19). The molecule has 0 bridgehead atoms. The van der Waals surface area contributed by atoms with Gasteiger partial charge in [-0.05, 0) is 37.5 Å². The Morgan fingerprint density at radius 3 is 2.52 bits per heavy atom. The molecule has 1 unspecified atom stereocenters. The van der Waals surface area contributed by atoms with Gasteiger partial charge in [0.25, 0.3) is 5.91 Å². The zero-order valence-corrected chi connectivity index (χ0v) is 13.2. The monoisotopic (exact) mass is 305 g/mol. The quantitative estimate of drug-likeness (QED) is 0.891. The first-order valence-corrected chi connectivity index (χ1v) is 7.82. The maximum Gasteiger partial charge on any atom is 0.266 e. The third-order valence-electron chi connectivity index (χ3n) is 3.01. The molecule has 5 nitrogen and oxygen atoms in total. The molecule has 1 aromatic heterocycles. The first-order valence-electron chi connectivity index (χ1n) is 7.01. The first kappa shape index (κ1) is 15.4. The molecule has 21 heavy (non-hydrogen) atoms. The highest BCUT2D eigenvalue weighted by Crippen LogP contribution is 2.17. The summed E-state index contributed by atoms with van der Waals surface area (Å²) < 4.78 is 5.63. The summed E-state index contributed by atoms with van der Waals surface area (Å²) >= 11 is 1.38. The van der Waals surface area contributed by atoms with Gasteiger partial charge in [0.2, 0.25) is 5.13 Å². The van der Waals surface area contributed by atoms with Gasteiger partial charge in [-0.2, -0.15) is 0 Å². The lowest BCUT2D eigenvalue weighted by Gasteiger charge is -2.13. The number of aromatic nitrogens is 2. The van der Waals surface area contributed by atoms with E-state index in [2.05, 4.69) is 22.4 Å². The second-order valence-electron chi connectivity index (χ2n) is 4.60. The molecule has 1 amide bonds. The Morgan fingerprint density at radius 1 is 1.24 bits per heavy atom. The molecule has 6 heteroatoms. The van der Waals surface area contributed by atoms with E-state index in [0.29, 0.717) is 10.9 Å². The highest BCUT2D eigenvalue weighted by atomic mass is 32.1. The summed E-state index contributed by atoms with van der Waals surface area (Å²) in [6.45, 7) is 5.81. The predicted molar refractivity (Wildman–Crippen MR) is 83.8 cm³/mol. The van der Waals surface area contributed by atoms with Crippen molar-refractivity contribution in [1.82, 2.24) is 10.2 Å². The number of benzene rings is 1. The number of rotatable bonds is 6. The number of nitrogens with one attached hydrogen (secondary N) is 1.